The molecule has 1 aliphatic heterocycles. The second kappa shape index (κ2) is 5.11. The Kier molecular flexibility index (Phi) is 3.58. The largest absolute Gasteiger partial charge is 0.387 e. The Bertz CT molecular complexity index is 512. The highest BCUT2D eigenvalue weighted by Crippen LogP contribution is 2.47. The second-order valence-corrected chi connectivity index (χ2v) is 7.24. The number of hydrogen-bond donors (Lipinski definition) is 1. The Morgan fingerprint density at radius 2 is 2.35 bits per heavy atom. The van der Waals surface area contributed by atoms with Gasteiger partial charge in [0.25, 0.3) is 0 Å². The van der Waals surface area contributed by atoms with Crippen LogP contribution >= 0.6 is 11.3 Å². The van der Waals surface area contributed by atoms with Gasteiger partial charge in [-0.15, -0.1) is 11.3 Å². The first-order chi connectivity index (χ1) is 9.50. The van der Waals surface area contributed by atoms with Crippen molar-refractivity contribution in [2.45, 2.75) is 45.1 Å². The van der Waals surface area contributed by atoms with Gasteiger partial charge in [-0.3, -0.25) is 4.79 Å². The number of aliphatic hydroxyl groups is 1. The predicted molar refractivity (Wildman–Crippen MR) is 78.6 cm³/mol. The van der Waals surface area contributed by atoms with E-state index in [0.29, 0.717) is 25.4 Å². The Hall–Kier alpha value is -0.940. The van der Waals surface area contributed by atoms with Gasteiger partial charge in [-0.1, -0.05) is 6.92 Å². The van der Waals surface area contributed by atoms with E-state index < -0.39 is 5.60 Å². The molecule has 0 bridgehead atoms. The average molecular weight is 294 g/mol. The first-order valence-corrected chi connectivity index (χ1v) is 8.28. The number of β-amino-alcohol motifs (C(OH)–C–C–N with tert-alkyl or cyclic N) is 1. The molecule has 2 heterocycles. The van der Waals surface area contributed by atoms with Crippen LogP contribution < -0.4 is 0 Å². The lowest BCUT2D eigenvalue weighted by Crippen LogP contribution is -2.40. The summed E-state index contributed by atoms with van der Waals surface area (Å²) in [4.78, 5) is 19.6. The molecule has 4 nitrogen and oxygen atoms in total. The summed E-state index contributed by atoms with van der Waals surface area (Å²) in [6.45, 7) is 5.28. The van der Waals surface area contributed by atoms with Crippen molar-refractivity contribution in [1.82, 2.24) is 9.88 Å². The summed E-state index contributed by atoms with van der Waals surface area (Å²) in [5, 5.41) is 10.7. The van der Waals surface area contributed by atoms with Crippen molar-refractivity contribution in [2.24, 2.45) is 11.8 Å². The summed E-state index contributed by atoms with van der Waals surface area (Å²) < 4.78 is 0. The summed E-state index contributed by atoms with van der Waals surface area (Å²) in [6.07, 6.45) is 3.52. The van der Waals surface area contributed by atoms with Crippen LogP contribution in [0.1, 0.15) is 36.8 Å². The first-order valence-electron chi connectivity index (χ1n) is 7.40. The molecular formula is C15H22N2O2S. The average Bonchev–Trinajstić information content (AvgIpc) is 3.13. The van der Waals surface area contributed by atoms with E-state index in [0.717, 1.165) is 25.0 Å². The Morgan fingerprint density at radius 1 is 1.60 bits per heavy atom. The van der Waals surface area contributed by atoms with Crippen molar-refractivity contribution in [3.8, 4) is 0 Å². The van der Waals surface area contributed by atoms with E-state index in [-0.39, 0.29) is 11.8 Å². The maximum atomic E-state index is 12.3. The van der Waals surface area contributed by atoms with Crippen LogP contribution in [0.3, 0.4) is 0 Å². The minimum Gasteiger partial charge on any atom is -0.387 e. The molecule has 20 heavy (non-hydrogen) atoms. The van der Waals surface area contributed by atoms with Crippen LogP contribution in [-0.2, 0) is 11.2 Å². The SMILES string of the molecule is Cc1ncsc1CCC(=O)N1C[C@@H](C)[C@](O)(C2CC2)C1. The van der Waals surface area contributed by atoms with Crippen molar-refractivity contribution in [1.29, 1.82) is 0 Å². The van der Waals surface area contributed by atoms with Crippen LogP contribution in [0, 0.1) is 18.8 Å². The van der Waals surface area contributed by atoms with Gasteiger partial charge in [0.05, 0.1) is 16.8 Å². The predicted octanol–water partition coefficient (Wildman–Crippen LogP) is 2.00. The molecular weight excluding hydrogens is 272 g/mol. The molecule has 1 saturated heterocycles. The molecule has 2 aliphatic rings. The van der Waals surface area contributed by atoms with Gasteiger partial charge in [0.15, 0.2) is 0 Å². The third kappa shape index (κ3) is 2.49. The second-order valence-electron chi connectivity index (χ2n) is 6.30. The van der Waals surface area contributed by atoms with E-state index in [2.05, 4.69) is 11.9 Å². The number of aromatic nitrogens is 1. The molecule has 1 amide bonds. The Labute approximate surface area is 123 Å². The molecule has 1 aromatic rings. The summed E-state index contributed by atoms with van der Waals surface area (Å²) in [6, 6.07) is 0. The highest BCUT2D eigenvalue weighted by molar-refractivity contribution is 7.09. The van der Waals surface area contributed by atoms with Gasteiger partial charge >= 0.3 is 0 Å². The molecule has 1 N–H and O–H groups in total. The number of thiazole rings is 1. The molecule has 0 unspecified atom stereocenters. The normalized spacial score (nSPS) is 29.9. The van der Waals surface area contributed by atoms with Crippen LogP contribution in [0.25, 0.3) is 0 Å². The highest BCUT2D eigenvalue weighted by atomic mass is 32.1. The van der Waals surface area contributed by atoms with Gasteiger partial charge in [-0.05, 0) is 32.1 Å². The van der Waals surface area contributed by atoms with Gasteiger partial charge in [0.2, 0.25) is 5.91 Å². The molecule has 2 fully saturated rings. The van der Waals surface area contributed by atoms with Gasteiger partial charge in [0.1, 0.15) is 0 Å². The fourth-order valence-electron chi connectivity index (χ4n) is 3.26. The van der Waals surface area contributed by atoms with Crippen LogP contribution in [0.5, 0.6) is 0 Å². The van der Waals surface area contributed by atoms with Crippen LogP contribution in [0.15, 0.2) is 5.51 Å². The molecule has 0 spiro atoms. The van der Waals surface area contributed by atoms with E-state index in [4.69, 9.17) is 0 Å². The smallest absolute Gasteiger partial charge is 0.223 e. The maximum Gasteiger partial charge on any atom is 0.223 e. The maximum absolute atomic E-state index is 12.3. The van der Waals surface area contributed by atoms with E-state index >= 15 is 0 Å². The lowest BCUT2D eigenvalue weighted by atomic mass is 9.88. The molecule has 110 valence electrons. The molecule has 1 aromatic heterocycles. The monoisotopic (exact) mass is 294 g/mol. The summed E-state index contributed by atoms with van der Waals surface area (Å²) >= 11 is 1.62. The standard InChI is InChI=1S/C15H22N2O2S/c1-10-7-17(8-15(10,19)12-3-4-12)14(18)6-5-13-11(2)16-9-20-13/h9-10,12,19H,3-8H2,1-2H3/t10-,15+/m1/s1. The molecule has 0 radical (unpaired) electrons. The first kappa shape index (κ1) is 14.0. The van der Waals surface area contributed by atoms with Gasteiger partial charge in [-0.2, -0.15) is 0 Å². The topological polar surface area (TPSA) is 53.4 Å². The van der Waals surface area contributed by atoms with Crippen LogP contribution in [-0.4, -0.2) is 39.6 Å². The third-order valence-electron chi connectivity index (χ3n) is 4.84. The van der Waals surface area contributed by atoms with Gasteiger partial charge in [0, 0.05) is 30.3 Å². The summed E-state index contributed by atoms with van der Waals surface area (Å²) in [5.74, 6) is 0.782. The Balaban J connectivity index is 1.57. The van der Waals surface area contributed by atoms with E-state index in [1.165, 1.54) is 4.88 Å². The minimum absolute atomic E-state index is 0.168. The fourth-order valence-corrected chi connectivity index (χ4v) is 4.05. The van der Waals surface area contributed by atoms with Crippen molar-refractivity contribution >= 4 is 17.2 Å². The van der Waals surface area contributed by atoms with Gasteiger partial charge in [-0.25, -0.2) is 4.98 Å². The number of carbonyl (C=O) groups is 1. The van der Waals surface area contributed by atoms with E-state index in [1.54, 1.807) is 11.3 Å². The van der Waals surface area contributed by atoms with E-state index in [1.807, 2.05) is 17.3 Å². The number of hydrogen-bond acceptors (Lipinski definition) is 4. The molecule has 1 saturated carbocycles. The van der Waals surface area contributed by atoms with Gasteiger partial charge < -0.3 is 10.0 Å². The van der Waals surface area contributed by atoms with Crippen LogP contribution in [0.2, 0.25) is 0 Å². The van der Waals surface area contributed by atoms with Crippen molar-refractivity contribution in [2.75, 3.05) is 13.1 Å². The zero-order chi connectivity index (χ0) is 14.3. The zero-order valence-corrected chi connectivity index (χ0v) is 12.9. The minimum atomic E-state index is -0.629. The zero-order valence-electron chi connectivity index (χ0n) is 12.1. The number of nitrogens with zero attached hydrogens (tertiary/aromatic N) is 2. The molecule has 0 aromatic carbocycles. The molecule has 3 rings (SSSR count). The summed E-state index contributed by atoms with van der Waals surface area (Å²) in [7, 11) is 0. The quantitative estimate of drug-likeness (QED) is 0.924. The highest BCUT2D eigenvalue weighted by Gasteiger charge is 2.53. The lowest BCUT2D eigenvalue weighted by Gasteiger charge is -2.26. The van der Waals surface area contributed by atoms with Crippen molar-refractivity contribution in [3.05, 3.63) is 16.1 Å². The van der Waals surface area contributed by atoms with Crippen molar-refractivity contribution < 1.29 is 9.90 Å². The number of amides is 1. The number of likely N-dealkylation sites (tertiary alicyclic amines) is 1. The molecule has 1 aliphatic carbocycles. The molecule has 2 atom stereocenters. The lowest BCUT2D eigenvalue weighted by molar-refractivity contribution is -0.131. The summed E-state index contributed by atoms with van der Waals surface area (Å²) in [5.41, 5.74) is 2.24. The third-order valence-corrected chi connectivity index (χ3v) is 5.83. The van der Waals surface area contributed by atoms with Crippen LogP contribution in [0.4, 0.5) is 0 Å². The molecule has 5 heteroatoms. The Morgan fingerprint density at radius 3 is 2.95 bits per heavy atom. The number of aryl methyl sites for hydroxylation is 2. The fraction of sp³-hybridized carbons (Fsp3) is 0.733. The van der Waals surface area contributed by atoms with E-state index in [9.17, 15) is 9.90 Å². The number of rotatable bonds is 4. The number of carbonyl (C=O) groups excluding carboxylic acids is 1. The van der Waals surface area contributed by atoms with Crippen molar-refractivity contribution in [3.63, 3.8) is 0 Å².